The van der Waals surface area contributed by atoms with Crippen LogP contribution in [0.2, 0.25) is 0 Å². The quantitative estimate of drug-likeness (QED) is 0.891. The molecule has 2 aliphatic rings. The van der Waals surface area contributed by atoms with Gasteiger partial charge in [0, 0.05) is 25.3 Å². The lowest BCUT2D eigenvalue weighted by Crippen LogP contribution is -2.45. The molecule has 6 nitrogen and oxygen atoms in total. The zero-order chi connectivity index (χ0) is 14.2. The van der Waals surface area contributed by atoms with Gasteiger partial charge in [0.1, 0.15) is 11.6 Å². The molecule has 1 N–H and O–H groups in total. The van der Waals surface area contributed by atoms with E-state index < -0.39 is 10.0 Å². The molecule has 2 heterocycles. The maximum Gasteiger partial charge on any atom is 0.214 e. The molecule has 1 saturated heterocycles. The van der Waals surface area contributed by atoms with Crippen molar-refractivity contribution in [3.05, 3.63) is 18.1 Å². The van der Waals surface area contributed by atoms with Gasteiger partial charge in [-0.1, -0.05) is 0 Å². The molecule has 0 spiro atoms. The summed E-state index contributed by atoms with van der Waals surface area (Å²) in [5.74, 6) is 1.69. The standard InChI is InChI=1S/C13H20N4O2S/c1-10-14-7-4-13(15-10)17-8-5-11(6-9-17)16-20(18,19)12-2-3-12/h4,7,11-12,16H,2-3,5-6,8-9H2,1H3. The first kappa shape index (κ1) is 13.8. The van der Waals surface area contributed by atoms with Gasteiger partial charge in [-0.15, -0.1) is 0 Å². The smallest absolute Gasteiger partial charge is 0.214 e. The minimum Gasteiger partial charge on any atom is -0.356 e. The summed E-state index contributed by atoms with van der Waals surface area (Å²) in [7, 11) is -3.07. The Labute approximate surface area is 119 Å². The van der Waals surface area contributed by atoms with Crippen LogP contribution < -0.4 is 9.62 Å². The first-order valence-corrected chi connectivity index (χ1v) is 8.65. The summed E-state index contributed by atoms with van der Waals surface area (Å²) < 4.78 is 26.7. The van der Waals surface area contributed by atoms with Crippen molar-refractivity contribution in [3.63, 3.8) is 0 Å². The molecule has 0 radical (unpaired) electrons. The van der Waals surface area contributed by atoms with E-state index in [9.17, 15) is 8.42 Å². The summed E-state index contributed by atoms with van der Waals surface area (Å²) in [6.07, 6.45) is 5.05. The Bertz CT molecular complexity index is 578. The fourth-order valence-corrected chi connectivity index (χ4v) is 4.20. The number of hydrogen-bond acceptors (Lipinski definition) is 5. The average molecular weight is 296 g/mol. The zero-order valence-corrected chi connectivity index (χ0v) is 12.4. The second-order valence-electron chi connectivity index (χ2n) is 5.59. The molecule has 20 heavy (non-hydrogen) atoms. The highest BCUT2D eigenvalue weighted by molar-refractivity contribution is 7.90. The number of anilines is 1. The van der Waals surface area contributed by atoms with Crippen LogP contribution in [-0.4, -0.2) is 42.8 Å². The lowest BCUT2D eigenvalue weighted by molar-refractivity contribution is 0.458. The molecule has 1 saturated carbocycles. The van der Waals surface area contributed by atoms with Crippen LogP contribution in [-0.2, 0) is 10.0 Å². The number of nitrogens with zero attached hydrogens (tertiary/aromatic N) is 3. The zero-order valence-electron chi connectivity index (χ0n) is 11.6. The first-order chi connectivity index (χ1) is 9.54. The van der Waals surface area contributed by atoms with Crippen molar-refractivity contribution in [1.82, 2.24) is 14.7 Å². The Hall–Kier alpha value is -1.21. The molecular formula is C13H20N4O2S. The third kappa shape index (κ3) is 3.09. The minimum absolute atomic E-state index is 0.0692. The molecular weight excluding hydrogens is 276 g/mol. The Balaban J connectivity index is 1.57. The predicted octanol–water partition coefficient (Wildman–Crippen LogP) is 0.836. The number of aryl methyl sites for hydroxylation is 1. The molecule has 1 aromatic heterocycles. The molecule has 110 valence electrons. The molecule has 0 aromatic carbocycles. The van der Waals surface area contributed by atoms with Crippen molar-refractivity contribution in [1.29, 1.82) is 0 Å². The van der Waals surface area contributed by atoms with Crippen molar-refractivity contribution in [2.75, 3.05) is 18.0 Å². The number of hydrogen-bond donors (Lipinski definition) is 1. The number of piperidine rings is 1. The molecule has 0 bridgehead atoms. The fourth-order valence-electron chi connectivity index (χ4n) is 2.55. The summed E-state index contributed by atoms with van der Waals surface area (Å²) in [6, 6.07) is 1.97. The summed E-state index contributed by atoms with van der Waals surface area (Å²) in [6.45, 7) is 3.53. The van der Waals surface area contributed by atoms with Crippen molar-refractivity contribution >= 4 is 15.8 Å². The van der Waals surface area contributed by atoms with E-state index in [1.807, 2.05) is 13.0 Å². The van der Waals surface area contributed by atoms with Gasteiger partial charge in [0.2, 0.25) is 10.0 Å². The van der Waals surface area contributed by atoms with Crippen molar-refractivity contribution in [2.45, 2.75) is 43.9 Å². The molecule has 3 rings (SSSR count). The van der Waals surface area contributed by atoms with Gasteiger partial charge in [0.25, 0.3) is 0 Å². The summed E-state index contributed by atoms with van der Waals surface area (Å²) in [4.78, 5) is 10.7. The van der Waals surface area contributed by atoms with E-state index in [1.54, 1.807) is 6.20 Å². The third-order valence-electron chi connectivity index (χ3n) is 3.87. The van der Waals surface area contributed by atoms with Crippen molar-refractivity contribution in [2.24, 2.45) is 0 Å². The van der Waals surface area contributed by atoms with Crippen LogP contribution in [0, 0.1) is 6.92 Å². The van der Waals surface area contributed by atoms with E-state index in [1.165, 1.54) is 0 Å². The molecule has 1 aromatic rings. The Kier molecular flexibility index (Phi) is 3.64. The van der Waals surface area contributed by atoms with E-state index in [2.05, 4.69) is 19.6 Å². The molecule has 0 amide bonds. The second-order valence-corrected chi connectivity index (χ2v) is 7.58. The van der Waals surface area contributed by atoms with Crippen LogP contribution in [0.15, 0.2) is 12.3 Å². The highest BCUT2D eigenvalue weighted by atomic mass is 32.2. The highest BCUT2D eigenvalue weighted by Crippen LogP contribution is 2.28. The van der Waals surface area contributed by atoms with E-state index in [0.717, 1.165) is 50.4 Å². The molecule has 7 heteroatoms. The van der Waals surface area contributed by atoms with Crippen LogP contribution in [0.5, 0.6) is 0 Å². The van der Waals surface area contributed by atoms with Crippen LogP contribution >= 0.6 is 0 Å². The average Bonchev–Trinajstić information content (AvgIpc) is 3.24. The summed E-state index contributed by atoms with van der Waals surface area (Å²) >= 11 is 0. The van der Waals surface area contributed by atoms with Crippen LogP contribution in [0.4, 0.5) is 5.82 Å². The van der Waals surface area contributed by atoms with Crippen molar-refractivity contribution < 1.29 is 8.42 Å². The van der Waals surface area contributed by atoms with Gasteiger partial charge in [-0.3, -0.25) is 0 Å². The number of rotatable bonds is 4. The molecule has 0 unspecified atom stereocenters. The van der Waals surface area contributed by atoms with Gasteiger partial charge in [-0.05, 0) is 38.7 Å². The van der Waals surface area contributed by atoms with Gasteiger partial charge in [0.05, 0.1) is 5.25 Å². The lowest BCUT2D eigenvalue weighted by atomic mass is 10.1. The van der Waals surface area contributed by atoms with Crippen LogP contribution in [0.25, 0.3) is 0 Å². The van der Waals surface area contributed by atoms with Gasteiger partial charge in [-0.2, -0.15) is 0 Å². The highest BCUT2D eigenvalue weighted by Gasteiger charge is 2.37. The van der Waals surface area contributed by atoms with Crippen LogP contribution in [0.1, 0.15) is 31.5 Å². The molecule has 1 aliphatic carbocycles. The predicted molar refractivity (Wildman–Crippen MR) is 77.1 cm³/mol. The monoisotopic (exact) mass is 296 g/mol. The topological polar surface area (TPSA) is 75.2 Å². The Morgan fingerprint density at radius 2 is 1.95 bits per heavy atom. The Morgan fingerprint density at radius 3 is 2.55 bits per heavy atom. The largest absolute Gasteiger partial charge is 0.356 e. The molecule has 2 fully saturated rings. The third-order valence-corrected chi connectivity index (χ3v) is 5.89. The summed E-state index contributed by atoms with van der Waals surface area (Å²) in [5, 5.41) is -0.134. The lowest BCUT2D eigenvalue weighted by Gasteiger charge is -2.33. The van der Waals surface area contributed by atoms with Gasteiger partial charge >= 0.3 is 0 Å². The second kappa shape index (κ2) is 5.29. The van der Waals surface area contributed by atoms with Gasteiger partial charge in [0.15, 0.2) is 0 Å². The molecule has 1 aliphatic heterocycles. The number of nitrogens with one attached hydrogen (secondary N) is 1. The van der Waals surface area contributed by atoms with Gasteiger partial charge in [-0.25, -0.2) is 23.1 Å². The van der Waals surface area contributed by atoms with E-state index in [4.69, 9.17) is 0 Å². The number of sulfonamides is 1. The number of aromatic nitrogens is 2. The minimum atomic E-state index is -3.07. The van der Waals surface area contributed by atoms with E-state index >= 15 is 0 Å². The van der Waals surface area contributed by atoms with Crippen LogP contribution in [0.3, 0.4) is 0 Å². The maximum atomic E-state index is 11.9. The normalized spacial score (nSPS) is 21.1. The SMILES string of the molecule is Cc1nccc(N2CCC(NS(=O)(=O)C3CC3)CC2)n1. The first-order valence-electron chi connectivity index (χ1n) is 7.10. The van der Waals surface area contributed by atoms with Crippen molar-refractivity contribution in [3.8, 4) is 0 Å². The summed E-state index contributed by atoms with van der Waals surface area (Å²) in [5.41, 5.74) is 0. The van der Waals surface area contributed by atoms with Gasteiger partial charge < -0.3 is 4.90 Å². The Morgan fingerprint density at radius 1 is 1.25 bits per heavy atom. The van der Waals surface area contributed by atoms with E-state index in [-0.39, 0.29) is 11.3 Å². The fraction of sp³-hybridized carbons (Fsp3) is 0.692. The molecule has 0 atom stereocenters. The van der Waals surface area contributed by atoms with E-state index in [0.29, 0.717) is 0 Å². The maximum absolute atomic E-state index is 11.9.